The number of ether oxygens (including phenoxy) is 1. The van der Waals surface area contributed by atoms with E-state index in [2.05, 4.69) is 5.32 Å². The number of para-hydroxylation sites is 2. The highest BCUT2D eigenvalue weighted by Gasteiger charge is 2.11. The molecule has 0 spiro atoms. The number of allylic oxidation sites excluding steroid dienone is 2. The minimum Gasteiger partial charge on any atom is -0.495 e. The predicted octanol–water partition coefficient (Wildman–Crippen LogP) is 4.90. The number of hydrogen-bond acceptors (Lipinski definition) is 2. The highest BCUT2D eigenvalue weighted by Crippen LogP contribution is 2.24. The second-order valence-electron chi connectivity index (χ2n) is 5.06. The van der Waals surface area contributed by atoms with Crippen LogP contribution in [0, 0.1) is 0 Å². The number of nitrogens with one attached hydrogen (secondary N) is 1. The van der Waals surface area contributed by atoms with Gasteiger partial charge in [0.2, 0.25) is 0 Å². The summed E-state index contributed by atoms with van der Waals surface area (Å²) >= 11 is 5.83. The van der Waals surface area contributed by atoms with Crippen molar-refractivity contribution in [2.45, 2.75) is 6.42 Å². The second kappa shape index (κ2) is 9.58. The van der Waals surface area contributed by atoms with Crippen molar-refractivity contribution in [2.24, 2.45) is 0 Å². The molecule has 0 aliphatic carbocycles. The summed E-state index contributed by atoms with van der Waals surface area (Å²) < 4.78 is 5.25. The molecule has 0 saturated carbocycles. The van der Waals surface area contributed by atoms with Crippen LogP contribution in [0.3, 0.4) is 0 Å². The van der Waals surface area contributed by atoms with Crippen LogP contribution < -0.4 is 10.1 Å². The standard InChI is InChI=1S/C20H20ClNO2/c1-24-19-13-6-5-12-18(19)22-20(23)17(14-15-21)11-7-10-16-8-3-2-4-9-16/h2-13H,14-15H2,1H3,(H,22,23)/b10-7+,17-11+. The Morgan fingerprint density at radius 2 is 1.83 bits per heavy atom. The van der Waals surface area contributed by atoms with E-state index in [0.29, 0.717) is 29.3 Å². The second-order valence-corrected chi connectivity index (χ2v) is 5.43. The maximum Gasteiger partial charge on any atom is 0.251 e. The summed E-state index contributed by atoms with van der Waals surface area (Å²) in [6.07, 6.45) is 6.09. The number of carbonyl (C=O) groups is 1. The lowest BCUT2D eigenvalue weighted by Gasteiger charge is -2.11. The quantitative estimate of drug-likeness (QED) is 0.442. The van der Waals surface area contributed by atoms with E-state index < -0.39 is 0 Å². The normalized spacial score (nSPS) is 11.5. The van der Waals surface area contributed by atoms with Gasteiger partial charge >= 0.3 is 0 Å². The number of amides is 1. The van der Waals surface area contributed by atoms with Gasteiger partial charge in [-0.2, -0.15) is 0 Å². The van der Waals surface area contributed by atoms with Crippen LogP contribution in [0.15, 0.2) is 72.3 Å². The van der Waals surface area contributed by atoms with Gasteiger partial charge in [-0.25, -0.2) is 0 Å². The zero-order valence-electron chi connectivity index (χ0n) is 13.5. The number of rotatable bonds is 7. The Morgan fingerprint density at radius 1 is 1.12 bits per heavy atom. The van der Waals surface area contributed by atoms with Gasteiger partial charge in [0.05, 0.1) is 12.8 Å². The number of anilines is 1. The third-order valence-corrected chi connectivity index (χ3v) is 3.59. The molecular weight excluding hydrogens is 322 g/mol. The number of carbonyl (C=O) groups excluding carboxylic acids is 1. The largest absolute Gasteiger partial charge is 0.495 e. The molecule has 2 aromatic rings. The van der Waals surface area contributed by atoms with Crippen LogP contribution in [0.25, 0.3) is 6.08 Å². The number of alkyl halides is 1. The van der Waals surface area contributed by atoms with E-state index in [1.54, 1.807) is 25.3 Å². The summed E-state index contributed by atoms with van der Waals surface area (Å²) in [5, 5.41) is 2.87. The van der Waals surface area contributed by atoms with Crippen molar-refractivity contribution in [3.63, 3.8) is 0 Å². The maximum absolute atomic E-state index is 12.5. The van der Waals surface area contributed by atoms with Crippen molar-refractivity contribution in [1.29, 1.82) is 0 Å². The minimum absolute atomic E-state index is 0.183. The number of hydrogen-bond donors (Lipinski definition) is 1. The molecule has 124 valence electrons. The molecule has 1 amide bonds. The van der Waals surface area contributed by atoms with Crippen molar-refractivity contribution >= 4 is 29.3 Å². The summed E-state index contributed by atoms with van der Waals surface area (Å²) in [5.74, 6) is 0.818. The van der Waals surface area contributed by atoms with Crippen molar-refractivity contribution in [1.82, 2.24) is 0 Å². The third-order valence-electron chi connectivity index (χ3n) is 3.40. The van der Waals surface area contributed by atoms with E-state index in [0.717, 1.165) is 5.56 Å². The Bertz CT molecular complexity index is 723. The van der Waals surface area contributed by atoms with Crippen LogP contribution in [-0.4, -0.2) is 18.9 Å². The molecule has 0 radical (unpaired) electrons. The lowest BCUT2D eigenvalue weighted by Crippen LogP contribution is -2.15. The van der Waals surface area contributed by atoms with Gasteiger partial charge < -0.3 is 10.1 Å². The molecule has 0 fully saturated rings. The van der Waals surface area contributed by atoms with E-state index in [1.165, 1.54) is 0 Å². The average Bonchev–Trinajstić information content (AvgIpc) is 2.62. The maximum atomic E-state index is 12.5. The molecule has 0 aliphatic rings. The fourth-order valence-electron chi connectivity index (χ4n) is 2.16. The van der Waals surface area contributed by atoms with Gasteiger partial charge in [0.25, 0.3) is 5.91 Å². The predicted molar refractivity (Wildman–Crippen MR) is 101 cm³/mol. The third kappa shape index (κ3) is 5.28. The Labute approximate surface area is 147 Å². The molecular formula is C20H20ClNO2. The molecule has 2 aromatic carbocycles. The zero-order chi connectivity index (χ0) is 17.2. The number of methoxy groups -OCH3 is 1. The molecule has 0 saturated heterocycles. The summed E-state index contributed by atoms with van der Waals surface area (Å²) in [6.45, 7) is 0. The smallest absolute Gasteiger partial charge is 0.251 e. The summed E-state index contributed by atoms with van der Waals surface area (Å²) in [4.78, 5) is 12.5. The van der Waals surface area contributed by atoms with Gasteiger partial charge in [-0.3, -0.25) is 4.79 Å². The van der Waals surface area contributed by atoms with Gasteiger partial charge in [-0.15, -0.1) is 11.6 Å². The number of benzene rings is 2. The van der Waals surface area contributed by atoms with Crippen molar-refractivity contribution in [3.05, 3.63) is 77.9 Å². The first kappa shape index (κ1) is 17.8. The summed E-state index contributed by atoms with van der Waals surface area (Å²) in [6, 6.07) is 17.2. The van der Waals surface area contributed by atoms with Gasteiger partial charge in [-0.05, 0) is 24.1 Å². The van der Waals surface area contributed by atoms with Crippen molar-refractivity contribution in [2.75, 3.05) is 18.3 Å². The van der Waals surface area contributed by atoms with Crippen LogP contribution in [-0.2, 0) is 4.79 Å². The minimum atomic E-state index is -0.183. The summed E-state index contributed by atoms with van der Waals surface area (Å²) in [7, 11) is 1.57. The fraction of sp³-hybridized carbons (Fsp3) is 0.150. The Kier molecular flexibility index (Phi) is 7.12. The lowest BCUT2D eigenvalue weighted by atomic mass is 10.1. The topological polar surface area (TPSA) is 38.3 Å². The molecule has 0 aromatic heterocycles. The molecule has 0 aliphatic heterocycles. The highest BCUT2D eigenvalue weighted by atomic mass is 35.5. The lowest BCUT2D eigenvalue weighted by molar-refractivity contribution is -0.113. The fourth-order valence-corrected chi connectivity index (χ4v) is 2.37. The highest BCUT2D eigenvalue weighted by molar-refractivity contribution is 6.18. The number of halogens is 1. The van der Waals surface area contributed by atoms with Crippen molar-refractivity contribution in [3.8, 4) is 5.75 Å². The van der Waals surface area contributed by atoms with E-state index in [4.69, 9.17) is 16.3 Å². The van der Waals surface area contributed by atoms with E-state index >= 15 is 0 Å². The van der Waals surface area contributed by atoms with E-state index in [9.17, 15) is 4.79 Å². The molecule has 0 bridgehead atoms. The Hall–Kier alpha value is -2.52. The van der Waals surface area contributed by atoms with Crippen LogP contribution in [0.5, 0.6) is 5.75 Å². The summed E-state index contributed by atoms with van der Waals surface area (Å²) in [5.41, 5.74) is 2.32. The monoisotopic (exact) mass is 341 g/mol. The van der Waals surface area contributed by atoms with E-state index in [-0.39, 0.29) is 5.91 Å². The van der Waals surface area contributed by atoms with Crippen LogP contribution in [0.2, 0.25) is 0 Å². The molecule has 0 unspecified atom stereocenters. The van der Waals surface area contributed by atoms with Gasteiger partial charge in [0.15, 0.2) is 0 Å². The first-order chi connectivity index (χ1) is 11.7. The van der Waals surface area contributed by atoms with E-state index in [1.807, 2.05) is 54.6 Å². The molecule has 0 atom stereocenters. The van der Waals surface area contributed by atoms with Gasteiger partial charge in [0, 0.05) is 11.5 Å². The van der Waals surface area contributed by atoms with Crippen LogP contribution in [0.1, 0.15) is 12.0 Å². The first-order valence-electron chi connectivity index (χ1n) is 7.67. The van der Waals surface area contributed by atoms with Gasteiger partial charge in [0.1, 0.15) is 5.75 Å². The van der Waals surface area contributed by atoms with Crippen LogP contribution in [0.4, 0.5) is 5.69 Å². The van der Waals surface area contributed by atoms with Gasteiger partial charge in [-0.1, -0.05) is 60.7 Å². The Morgan fingerprint density at radius 3 is 2.54 bits per heavy atom. The van der Waals surface area contributed by atoms with Crippen LogP contribution >= 0.6 is 11.6 Å². The molecule has 24 heavy (non-hydrogen) atoms. The Balaban J connectivity index is 2.12. The first-order valence-corrected chi connectivity index (χ1v) is 8.20. The van der Waals surface area contributed by atoms with Crippen molar-refractivity contribution < 1.29 is 9.53 Å². The molecule has 4 heteroatoms. The zero-order valence-corrected chi connectivity index (χ0v) is 14.3. The average molecular weight is 342 g/mol. The molecule has 1 N–H and O–H groups in total. The molecule has 3 nitrogen and oxygen atoms in total. The molecule has 0 heterocycles. The SMILES string of the molecule is COc1ccccc1NC(=O)/C(=C/C=C/c1ccccc1)CCCl. The molecule has 2 rings (SSSR count).